The minimum absolute atomic E-state index is 0.419. The second kappa shape index (κ2) is 9.76. The molecular formula is C15H32N2O. The van der Waals surface area contributed by atoms with Crippen molar-refractivity contribution in [3.05, 3.63) is 0 Å². The fourth-order valence-electron chi connectivity index (χ4n) is 2.49. The van der Waals surface area contributed by atoms with Gasteiger partial charge in [-0.05, 0) is 39.3 Å². The van der Waals surface area contributed by atoms with Crippen molar-refractivity contribution < 1.29 is 4.74 Å². The Balaban J connectivity index is 1.93. The van der Waals surface area contributed by atoms with Gasteiger partial charge in [-0.25, -0.2) is 0 Å². The first-order valence-corrected chi connectivity index (χ1v) is 7.76. The van der Waals surface area contributed by atoms with Crippen molar-refractivity contribution in [1.29, 1.82) is 0 Å². The van der Waals surface area contributed by atoms with Crippen LogP contribution in [0.5, 0.6) is 0 Å². The van der Waals surface area contributed by atoms with Gasteiger partial charge in [0.25, 0.3) is 0 Å². The highest BCUT2D eigenvalue weighted by atomic mass is 16.5. The molecule has 0 aromatic heterocycles. The molecule has 0 aliphatic carbocycles. The van der Waals surface area contributed by atoms with E-state index in [2.05, 4.69) is 31.0 Å². The molecule has 1 aliphatic heterocycles. The van der Waals surface area contributed by atoms with Gasteiger partial charge in [0.15, 0.2) is 0 Å². The normalized spacial score (nSPS) is 22.3. The summed E-state index contributed by atoms with van der Waals surface area (Å²) in [5.41, 5.74) is 0. The first kappa shape index (κ1) is 15.9. The van der Waals surface area contributed by atoms with Gasteiger partial charge in [-0.1, -0.05) is 26.7 Å². The minimum Gasteiger partial charge on any atom is -0.377 e. The van der Waals surface area contributed by atoms with Crippen LogP contribution in [-0.4, -0.2) is 49.8 Å². The first-order valence-electron chi connectivity index (χ1n) is 7.76. The molecule has 0 saturated carbocycles. The van der Waals surface area contributed by atoms with Crippen LogP contribution in [0.15, 0.2) is 0 Å². The summed E-state index contributed by atoms with van der Waals surface area (Å²) in [6.07, 6.45) is 7.00. The Labute approximate surface area is 113 Å². The second-order valence-electron chi connectivity index (χ2n) is 5.86. The molecule has 0 spiro atoms. The zero-order chi connectivity index (χ0) is 13.2. The molecule has 0 aromatic rings. The number of nitrogens with one attached hydrogen (secondary N) is 1. The molecule has 0 amide bonds. The van der Waals surface area contributed by atoms with E-state index in [4.69, 9.17) is 4.74 Å². The summed E-state index contributed by atoms with van der Waals surface area (Å²) in [6.45, 7) is 12.3. The average Bonchev–Trinajstić information content (AvgIpc) is 2.52. The fourth-order valence-corrected chi connectivity index (χ4v) is 2.49. The third-order valence-electron chi connectivity index (χ3n) is 3.49. The Morgan fingerprint density at radius 1 is 1.22 bits per heavy atom. The van der Waals surface area contributed by atoms with Crippen molar-refractivity contribution in [2.75, 3.05) is 32.8 Å². The summed E-state index contributed by atoms with van der Waals surface area (Å²) in [6, 6.07) is 0.628. The zero-order valence-electron chi connectivity index (χ0n) is 12.6. The van der Waals surface area contributed by atoms with Crippen LogP contribution in [0.25, 0.3) is 0 Å². The molecule has 1 rings (SSSR count). The van der Waals surface area contributed by atoms with E-state index in [-0.39, 0.29) is 0 Å². The van der Waals surface area contributed by atoms with E-state index in [1.165, 1.54) is 51.7 Å². The van der Waals surface area contributed by atoms with Crippen molar-refractivity contribution in [3.63, 3.8) is 0 Å². The summed E-state index contributed by atoms with van der Waals surface area (Å²) < 4.78 is 5.66. The van der Waals surface area contributed by atoms with Crippen LogP contribution >= 0.6 is 0 Å². The molecule has 1 fully saturated rings. The molecule has 18 heavy (non-hydrogen) atoms. The Bertz CT molecular complexity index is 197. The number of rotatable bonds is 8. The monoisotopic (exact) mass is 256 g/mol. The van der Waals surface area contributed by atoms with E-state index in [1.54, 1.807) is 0 Å². The highest BCUT2D eigenvalue weighted by Gasteiger charge is 2.13. The number of hydrogen-bond donors (Lipinski definition) is 1. The van der Waals surface area contributed by atoms with Gasteiger partial charge < -0.3 is 15.0 Å². The smallest absolute Gasteiger partial charge is 0.0673 e. The van der Waals surface area contributed by atoms with E-state index in [1.807, 2.05) is 0 Å². The lowest BCUT2D eigenvalue weighted by Gasteiger charge is -2.21. The predicted molar refractivity (Wildman–Crippen MR) is 78.1 cm³/mol. The molecule has 1 heterocycles. The lowest BCUT2D eigenvalue weighted by Crippen LogP contribution is -2.31. The molecule has 1 atom stereocenters. The average molecular weight is 256 g/mol. The van der Waals surface area contributed by atoms with Crippen molar-refractivity contribution >= 4 is 0 Å². The van der Waals surface area contributed by atoms with Gasteiger partial charge >= 0.3 is 0 Å². The highest BCUT2D eigenvalue weighted by Crippen LogP contribution is 2.08. The molecule has 1 unspecified atom stereocenters. The highest BCUT2D eigenvalue weighted by molar-refractivity contribution is 4.66. The molecule has 0 aromatic carbocycles. The fraction of sp³-hybridized carbons (Fsp3) is 1.00. The Morgan fingerprint density at radius 3 is 2.78 bits per heavy atom. The molecule has 3 heteroatoms. The largest absolute Gasteiger partial charge is 0.377 e. The van der Waals surface area contributed by atoms with Gasteiger partial charge in [0, 0.05) is 25.7 Å². The van der Waals surface area contributed by atoms with Gasteiger partial charge in [0.1, 0.15) is 0 Å². The summed E-state index contributed by atoms with van der Waals surface area (Å²) >= 11 is 0. The number of ether oxygens (including phenoxy) is 1. The lowest BCUT2D eigenvalue weighted by molar-refractivity contribution is 0.0675. The van der Waals surface area contributed by atoms with Gasteiger partial charge in [-0.2, -0.15) is 0 Å². The minimum atomic E-state index is 0.419. The number of hydrogen-bond acceptors (Lipinski definition) is 3. The Kier molecular flexibility index (Phi) is 8.64. The summed E-state index contributed by atoms with van der Waals surface area (Å²) in [5.74, 6) is 0. The topological polar surface area (TPSA) is 24.5 Å². The summed E-state index contributed by atoms with van der Waals surface area (Å²) in [4.78, 5) is 2.57. The molecule has 108 valence electrons. The van der Waals surface area contributed by atoms with Crippen molar-refractivity contribution in [3.8, 4) is 0 Å². The molecule has 1 saturated heterocycles. The number of nitrogens with zero attached hydrogens (tertiary/aromatic N) is 1. The summed E-state index contributed by atoms with van der Waals surface area (Å²) in [7, 11) is 0. The standard InChI is InChI=1S/C15H32N2O/c1-14(2)16-9-6-4-5-7-10-17-11-8-12-18-15(3)13-17/h14-16H,4-13H2,1-3H3. The summed E-state index contributed by atoms with van der Waals surface area (Å²) in [5, 5.41) is 3.47. The molecule has 1 aliphatic rings. The Morgan fingerprint density at radius 2 is 2.00 bits per heavy atom. The van der Waals surface area contributed by atoms with Crippen LogP contribution in [0.1, 0.15) is 52.9 Å². The van der Waals surface area contributed by atoms with Gasteiger partial charge in [-0.3, -0.25) is 0 Å². The van der Waals surface area contributed by atoms with E-state index in [9.17, 15) is 0 Å². The van der Waals surface area contributed by atoms with Crippen LogP contribution in [0.4, 0.5) is 0 Å². The number of unbranched alkanes of at least 4 members (excludes halogenated alkanes) is 3. The first-order chi connectivity index (χ1) is 8.68. The quantitative estimate of drug-likeness (QED) is 0.676. The molecule has 0 bridgehead atoms. The molecule has 3 nitrogen and oxygen atoms in total. The molecular weight excluding hydrogens is 224 g/mol. The van der Waals surface area contributed by atoms with Crippen molar-refractivity contribution in [2.45, 2.75) is 65.0 Å². The van der Waals surface area contributed by atoms with E-state index in [0.29, 0.717) is 12.1 Å². The zero-order valence-corrected chi connectivity index (χ0v) is 12.6. The Hall–Kier alpha value is -0.120. The maximum atomic E-state index is 5.66. The maximum absolute atomic E-state index is 5.66. The predicted octanol–water partition coefficient (Wildman–Crippen LogP) is 2.66. The van der Waals surface area contributed by atoms with E-state index in [0.717, 1.165) is 13.2 Å². The van der Waals surface area contributed by atoms with Crippen LogP contribution in [0.2, 0.25) is 0 Å². The third-order valence-corrected chi connectivity index (χ3v) is 3.49. The van der Waals surface area contributed by atoms with Crippen LogP contribution in [0, 0.1) is 0 Å². The van der Waals surface area contributed by atoms with Crippen LogP contribution in [-0.2, 0) is 4.74 Å². The molecule has 1 N–H and O–H groups in total. The van der Waals surface area contributed by atoms with Crippen molar-refractivity contribution in [2.24, 2.45) is 0 Å². The SMILES string of the molecule is CC(C)NCCCCCCN1CCCOC(C)C1. The second-order valence-corrected chi connectivity index (χ2v) is 5.86. The van der Waals surface area contributed by atoms with Gasteiger partial charge in [-0.15, -0.1) is 0 Å². The van der Waals surface area contributed by atoms with Crippen molar-refractivity contribution in [1.82, 2.24) is 10.2 Å². The van der Waals surface area contributed by atoms with E-state index < -0.39 is 0 Å². The maximum Gasteiger partial charge on any atom is 0.0673 e. The van der Waals surface area contributed by atoms with Gasteiger partial charge in [0.2, 0.25) is 0 Å². The lowest BCUT2D eigenvalue weighted by atomic mass is 10.1. The van der Waals surface area contributed by atoms with Gasteiger partial charge in [0.05, 0.1) is 6.10 Å². The third kappa shape index (κ3) is 8.06. The van der Waals surface area contributed by atoms with Crippen LogP contribution in [0.3, 0.4) is 0 Å². The van der Waals surface area contributed by atoms with E-state index >= 15 is 0 Å². The van der Waals surface area contributed by atoms with Crippen LogP contribution < -0.4 is 5.32 Å². The molecule has 0 radical (unpaired) electrons.